The Hall–Kier alpha value is -1.91. The Balaban J connectivity index is 1.94. The van der Waals surface area contributed by atoms with E-state index in [1.54, 1.807) is 17.3 Å². The van der Waals surface area contributed by atoms with Crippen molar-refractivity contribution < 1.29 is 14.7 Å². The number of carboxylic acid groups (broad SMARTS) is 1. The maximum Gasteiger partial charge on any atom is 0.309 e. The minimum Gasteiger partial charge on any atom is -0.481 e. The molecule has 0 saturated carbocycles. The minimum atomic E-state index is -0.717. The Kier molecular flexibility index (Phi) is 4.94. The van der Waals surface area contributed by atoms with Crippen LogP contribution in [0.4, 0.5) is 0 Å². The Labute approximate surface area is 125 Å². The van der Waals surface area contributed by atoms with Gasteiger partial charge in [0.2, 0.25) is 5.91 Å². The van der Waals surface area contributed by atoms with E-state index in [1.165, 1.54) is 0 Å². The summed E-state index contributed by atoms with van der Waals surface area (Å²) in [4.78, 5) is 29.5. The molecule has 0 atom stereocenters. The maximum atomic E-state index is 12.3. The topological polar surface area (TPSA) is 70.5 Å². The summed E-state index contributed by atoms with van der Waals surface area (Å²) in [7, 11) is 0. The van der Waals surface area contributed by atoms with Crippen LogP contribution in [-0.2, 0) is 16.0 Å². The third kappa shape index (κ3) is 3.60. The normalized spacial score (nSPS) is 17.5. The molecule has 0 unspecified atom stereocenters. The first-order chi connectivity index (χ1) is 10.1. The summed E-state index contributed by atoms with van der Waals surface area (Å²) in [5.74, 6) is -0.651. The molecular weight excluding hydrogens is 268 g/mol. The lowest BCUT2D eigenvalue weighted by molar-refractivity contribution is -0.154. The van der Waals surface area contributed by atoms with Gasteiger partial charge in [-0.1, -0.05) is 13.3 Å². The average molecular weight is 290 g/mol. The van der Waals surface area contributed by atoms with Crippen molar-refractivity contribution in [1.82, 2.24) is 9.88 Å². The van der Waals surface area contributed by atoms with Gasteiger partial charge in [-0.05, 0) is 37.0 Å². The molecule has 1 amide bonds. The van der Waals surface area contributed by atoms with Crippen molar-refractivity contribution >= 4 is 11.9 Å². The highest BCUT2D eigenvalue weighted by Gasteiger charge is 2.41. The molecule has 0 spiro atoms. The fourth-order valence-corrected chi connectivity index (χ4v) is 3.02. The van der Waals surface area contributed by atoms with E-state index >= 15 is 0 Å². The van der Waals surface area contributed by atoms with Crippen LogP contribution in [-0.4, -0.2) is 40.0 Å². The van der Waals surface area contributed by atoms with Gasteiger partial charge in [-0.2, -0.15) is 0 Å². The first-order valence-corrected chi connectivity index (χ1v) is 7.47. The molecule has 1 fully saturated rings. The number of likely N-dealkylation sites (tertiary alicyclic amines) is 1. The Morgan fingerprint density at radius 1 is 1.29 bits per heavy atom. The van der Waals surface area contributed by atoms with Gasteiger partial charge in [-0.3, -0.25) is 14.6 Å². The summed E-state index contributed by atoms with van der Waals surface area (Å²) in [6, 6.07) is 3.67. The number of hydrogen-bond donors (Lipinski definition) is 1. The number of aliphatic carboxylic acids is 1. The number of aromatic nitrogens is 1. The largest absolute Gasteiger partial charge is 0.481 e. The summed E-state index contributed by atoms with van der Waals surface area (Å²) in [5, 5.41) is 9.47. The van der Waals surface area contributed by atoms with Gasteiger partial charge < -0.3 is 10.0 Å². The van der Waals surface area contributed by atoms with Gasteiger partial charge in [-0.15, -0.1) is 0 Å². The molecule has 0 bridgehead atoms. The van der Waals surface area contributed by atoms with Crippen LogP contribution in [0.3, 0.4) is 0 Å². The lowest BCUT2D eigenvalue weighted by Crippen LogP contribution is -2.47. The van der Waals surface area contributed by atoms with Crippen LogP contribution >= 0.6 is 0 Å². The SMILES string of the molecule is CCCC1(C(=O)O)CCN(C(=O)Cc2ccncc2)CC1. The number of hydrogen-bond acceptors (Lipinski definition) is 3. The molecule has 1 saturated heterocycles. The van der Waals surface area contributed by atoms with E-state index in [-0.39, 0.29) is 5.91 Å². The third-order valence-corrected chi connectivity index (χ3v) is 4.36. The maximum absolute atomic E-state index is 12.3. The molecule has 0 aromatic carbocycles. The number of rotatable bonds is 5. The van der Waals surface area contributed by atoms with Crippen molar-refractivity contribution in [2.24, 2.45) is 5.41 Å². The summed E-state index contributed by atoms with van der Waals surface area (Å²) in [6.07, 6.45) is 6.36. The molecule has 1 aromatic heterocycles. The summed E-state index contributed by atoms with van der Waals surface area (Å²) in [5.41, 5.74) is 0.306. The standard InChI is InChI=1S/C16H22N2O3/c1-2-5-16(15(20)21)6-10-18(11-7-16)14(19)12-13-3-8-17-9-4-13/h3-4,8-9H,2,5-7,10-12H2,1H3,(H,20,21). The predicted molar refractivity (Wildman–Crippen MR) is 78.7 cm³/mol. The number of amides is 1. The van der Waals surface area contributed by atoms with E-state index in [4.69, 9.17) is 0 Å². The van der Waals surface area contributed by atoms with Gasteiger partial charge in [0.1, 0.15) is 0 Å². The number of carbonyl (C=O) groups excluding carboxylic acids is 1. The van der Waals surface area contributed by atoms with Crippen molar-refractivity contribution in [2.75, 3.05) is 13.1 Å². The Bertz CT molecular complexity index is 494. The molecule has 21 heavy (non-hydrogen) atoms. The van der Waals surface area contributed by atoms with E-state index < -0.39 is 11.4 Å². The minimum absolute atomic E-state index is 0.0664. The highest BCUT2D eigenvalue weighted by atomic mass is 16.4. The molecule has 2 rings (SSSR count). The second-order valence-electron chi connectivity index (χ2n) is 5.75. The lowest BCUT2D eigenvalue weighted by atomic mass is 9.75. The first-order valence-electron chi connectivity index (χ1n) is 7.47. The quantitative estimate of drug-likeness (QED) is 0.901. The molecule has 1 aliphatic rings. The zero-order valence-electron chi connectivity index (χ0n) is 12.4. The second-order valence-corrected chi connectivity index (χ2v) is 5.75. The molecule has 5 nitrogen and oxygen atoms in total. The highest BCUT2D eigenvalue weighted by molar-refractivity contribution is 5.80. The zero-order chi connectivity index (χ0) is 15.3. The highest BCUT2D eigenvalue weighted by Crippen LogP contribution is 2.36. The molecule has 1 aliphatic heterocycles. The Morgan fingerprint density at radius 3 is 2.43 bits per heavy atom. The number of pyridine rings is 1. The number of carboxylic acids is 1. The summed E-state index contributed by atoms with van der Waals surface area (Å²) >= 11 is 0. The van der Waals surface area contributed by atoms with Crippen molar-refractivity contribution in [2.45, 2.75) is 39.0 Å². The zero-order valence-corrected chi connectivity index (χ0v) is 12.4. The molecular formula is C16H22N2O3. The molecule has 2 heterocycles. The van der Waals surface area contributed by atoms with Crippen LogP contribution in [0.25, 0.3) is 0 Å². The van der Waals surface area contributed by atoms with Gasteiger partial charge in [0.05, 0.1) is 11.8 Å². The molecule has 114 valence electrons. The number of nitrogens with zero attached hydrogens (tertiary/aromatic N) is 2. The second kappa shape index (κ2) is 6.70. The van der Waals surface area contributed by atoms with Gasteiger partial charge in [0.25, 0.3) is 0 Å². The number of piperidine rings is 1. The van der Waals surface area contributed by atoms with Crippen molar-refractivity contribution in [3.8, 4) is 0 Å². The van der Waals surface area contributed by atoms with E-state index in [0.29, 0.717) is 38.8 Å². The molecule has 1 aromatic rings. The molecule has 0 aliphatic carbocycles. The molecule has 0 radical (unpaired) electrons. The lowest BCUT2D eigenvalue weighted by Gasteiger charge is -2.39. The average Bonchev–Trinajstić information content (AvgIpc) is 2.49. The van der Waals surface area contributed by atoms with Crippen molar-refractivity contribution in [1.29, 1.82) is 0 Å². The van der Waals surface area contributed by atoms with Crippen LogP contribution in [0.5, 0.6) is 0 Å². The van der Waals surface area contributed by atoms with E-state index in [2.05, 4.69) is 4.98 Å². The fraction of sp³-hybridized carbons (Fsp3) is 0.562. The summed E-state index contributed by atoms with van der Waals surface area (Å²) in [6.45, 7) is 3.08. The van der Waals surface area contributed by atoms with Gasteiger partial charge in [-0.25, -0.2) is 0 Å². The molecule has 5 heteroatoms. The molecule has 1 N–H and O–H groups in total. The van der Waals surface area contributed by atoms with Gasteiger partial charge >= 0.3 is 5.97 Å². The monoisotopic (exact) mass is 290 g/mol. The van der Waals surface area contributed by atoms with Crippen LogP contribution in [0.15, 0.2) is 24.5 Å². The van der Waals surface area contributed by atoms with Gasteiger partial charge in [0.15, 0.2) is 0 Å². The van der Waals surface area contributed by atoms with Gasteiger partial charge in [0, 0.05) is 25.5 Å². The van der Waals surface area contributed by atoms with E-state index in [9.17, 15) is 14.7 Å². The van der Waals surface area contributed by atoms with Crippen LogP contribution in [0.2, 0.25) is 0 Å². The Morgan fingerprint density at radius 2 is 1.90 bits per heavy atom. The fourth-order valence-electron chi connectivity index (χ4n) is 3.02. The van der Waals surface area contributed by atoms with Crippen molar-refractivity contribution in [3.05, 3.63) is 30.1 Å². The third-order valence-electron chi connectivity index (χ3n) is 4.36. The summed E-state index contributed by atoms with van der Waals surface area (Å²) < 4.78 is 0. The first kappa shape index (κ1) is 15.5. The van der Waals surface area contributed by atoms with Crippen LogP contribution in [0.1, 0.15) is 38.2 Å². The van der Waals surface area contributed by atoms with E-state index in [0.717, 1.165) is 12.0 Å². The van der Waals surface area contributed by atoms with E-state index in [1.807, 2.05) is 19.1 Å². The predicted octanol–water partition coefficient (Wildman–Crippen LogP) is 2.12. The number of carbonyl (C=O) groups is 2. The van der Waals surface area contributed by atoms with Crippen LogP contribution < -0.4 is 0 Å². The van der Waals surface area contributed by atoms with Crippen molar-refractivity contribution in [3.63, 3.8) is 0 Å². The smallest absolute Gasteiger partial charge is 0.309 e. The van der Waals surface area contributed by atoms with Crippen LogP contribution in [0, 0.1) is 5.41 Å².